The summed E-state index contributed by atoms with van der Waals surface area (Å²) in [4.78, 5) is 18.5. The zero-order valence-corrected chi connectivity index (χ0v) is 23.0. The van der Waals surface area contributed by atoms with Gasteiger partial charge < -0.3 is 24.7 Å². The van der Waals surface area contributed by atoms with Crippen molar-refractivity contribution in [2.45, 2.75) is 12.1 Å². The van der Waals surface area contributed by atoms with Crippen LogP contribution in [0.1, 0.15) is 23.5 Å². The lowest BCUT2D eigenvalue weighted by atomic mass is 10.0. The molecule has 2 unspecified atom stereocenters. The van der Waals surface area contributed by atoms with Gasteiger partial charge in [0.25, 0.3) is 0 Å². The van der Waals surface area contributed by atoms with Gasteiger partial charge in [0.1, 0.15) is 24.2 Å². The lowest BCUT2D eigenvalue weighted by Gasteiger charge is -2.26. The molecule has 2 aromatic carbocycles. The van der Waals surface area contributed by atoms with Crippen LogP contribution in [0.2, 0.25) is 15.1 Å². The molecule has 11 heteroatoms. The first-order chi connectivity index (χ1) is 18.4. The molecule has 1 amide bonds. The van der Waals surface area contributed by atoms with Gasteiger partial charge in [-0.3, -0.25) is 9.78 Å². The van der Waals surface area contributed by atoms with Gasteiger partial charge in [-0.1, -0.05) is 40.9 Å². The van der Waals surface area contributed by atoms with Gasteiger partial charge in [-0.15, -0.1) is 0 Å². The van der Waals surface area contributed by atoms with E-state index in [1.54, 1.807) is 30.5 Å². The Morgan fingerprint density at radius 2 is 1.95 bits per heavy atom. The summed E-state index contributed by atoms with van der Waals surface area (Å²) in [5.41, 5.74) is 2.68. The van der Waals surface area contributed by atoms with Crippen molar-refractivity contribution in [3.63, 3.8) is 0 Å². The van der Waals surface area contributed by atoms with Gasteiger partial charge in [-0.05, 0) is 72.9 Å². The fraction of sp³-hybridized carbons (Fsp3) is 0.148. The minimum absolute atomic E-state index is 0.0789. The highest BCUT2D eigenvalue weighted by Gasteiger charge is 2.42. The molecular formula is C27H21Cl3N4O3S. The Bertz CT molecular complexity index is 1500. The number of carbonyl (C=O) groups excluding carboxylic acids is 1. The van der Waals surface area contributed by atoms with Crippen molar-refractivity contribution in [2.24, 2.45) is 0 Å². The van der Waals surface area contributed by atoms with Crippen LogP contribution in [0.3, 0.4) is 0 Å². The quantitative estimate of drug-likeness (QED) is 0.224. The Hall–Kier alpha value is -3.14. The van der Waals surface area contributed by atoms with Gasteiger partial charge in [-0.25, -0.2) is 0 Å². The molecule has 2 N–H and O–H groups in total. The van der Waals surface area contributed by atoms with E-state index >= 15 is 0 Å². The number of anilines is 2. The molecule has 5 rings (SSSR count). The lowest BCUT2D eigenvalue weighted by Crippen LogP contribution is -2.29. The second-order valence-electron chi connectivity index (χ2n) is 8.47. The Morgan fingerprint density at radius 3 is 2.66 bits per heavy atom. The van der Waals surface area contributed by atoms with Gasteiger partial charge in [0, 0.05) is 29.6 Å². The average Bonchev–Trinajstić information content (AvgIpc) is 3.50. The molecule has 3 heterocycles. The molecular weight excluding hydrogens is 567 g/mol. The van der Waals surface area contributed by atoms with Crippen molar-refractivity contribution in [1.82, 2.24) is 10.3 Å². The summed E-state index contributed by atoms with van der Waals surface area (Å²) in [6.07, 6.45) is 1.73. The molecule has 0 saturated carbocycles. The summed E-state index contributed by atoms with van der Waals surface area (Å²) in [5, 5.41) is 7.96. The van der Waals surface area contributed by atoms with E-state index in [-0.39, 0.29) is 18.6 Å². The summed E-state index contributed by atoms with van der Waals surface area (Å²) >= 11 is 24.8. The van der Waals surface area contributed by atoms with Crippen molar-refractivity contribution in [3.8, 4) is 11.3 Å². The predicted molar refractivity (Wildman–Crippen MR) is 154 cm³/mol. The van der Waals surface area contributed by atoms with Crippen LogP contribution in [0, 0.1) is 0 Å². The second kappa shape index (κ2) is 11.3. The van der Waals surface area contributed by atoms with Gasteiger partial charge in [0.15, 0.2) is 5.11 Å². The van der Waals surface area contributed by atoms with Crippen LogP contribution >= 0.6 is 47.0 Å². The number of ether oxygens (including phenoxy) is 1. The second-order valence-corrected chi connectivity index (χ2v) is 10.1. The molecule has 1 aliphatic rings. The Kier molecular flexibility index (Phi) is 7.88. The number of furan rings is 1. The molecule has 194 valence electrons. The highest BCUT2D eigenvalue weighted by atomic mass is 35.5. The summed E-state index contributed by atoms with van der Waals surface area (Å²) in [5.74, 6) is 0.925. The van der Waals surface area contributed by atoms with Gasteiger partial charge in [0.05, 0.1) is 27.5 Å². The number of hydrogen-bond acceptors (Lipinski definition) is 5. The Morgan fingerprint density at radius 1 is 1.11 bits per heavy atom. The molecule has 0 aliphatic carbocycles. The van der Waals surface area contributed by atoms with Crippen LogP contribution in [0.5, 0.6) is 0 Å². The Labute approximate surface area is 239 Å². The van der Waals surface area contributed by atoms with Crippen molar-refractivity contribution >= 4 is 69.4 Å². The maximum atomic E-state index is 12.0. The lowest BCUT2D eigenvalue weighted by molar-refractivity contribution is -0.119. The molecule has 0 spiro atoms. The first-order valence-corrected chi connectivity index (χ1v) is 13.0. The summed E-state index contributed by atoms with van der Waals surface area (Å²) in [7, 11) is 1.45. The van der Waals surface area contributed by atoms with E-state index in [1.807, 2.05) is 47.4 Å². The first-order valence-electron chi connectivity index (χ1n) is 11.5. The molecule has 1 fully saturated rings. The number of benzene rings is 2. The number of pyridine rings is 1. The number of aromatic nitrogens is 1. The third-order valence-electron chi connectivity index (χ3n) is 5.99. The number of methoxy groups -OCH3 is 1. The van der Waals surface area contributed by atoms with E-state index < -0.39 is 6.04 Å². The predicted octanol–water partition coefficient (Wildman–Crippen LogP) is 7.06. The van der Waals surface area contributed by atoms with Crippen LogP contribution in [-0.4, -0.2) is 29.7 Å². The molecule has 7 nitrogen and oxygen atoms in total. The average molecular weight is 588 g/mol. The van der Waals surface area contributed by atoms with E-state index in [9.17, 15) is 4.79 Å². The van der Waals surface area contributed by atoms with E-state index in [0.29, 0.717) is 43.1 Å². The van der Waals surface area contributed by atoms with Gasteiger partial charge >= 0.3 is 0 Å². The van der Waals surface area contributed by atoms with Crippen LogP contribution < -0.4 is 15.5 Å². The van der Waals surface area contributed by atoms with E-state index in [2.05, 4.69) is 15.6 Å². The molecule has 1 aliphatic heterocycles. The van der Waals surface area contributed by atoms with E-state index in [4.69, 9.17) is 56.2 Å². The number of halogens is 3. The number of nitrogens with one attached hydrogen (secondary N) is 2. The number of amides is 1. The molecule has 1 saturated heterocycles. The number of nitrogens with zero attached hydrogens (tertiary/aromatic N) is 2. The molecule has 0 radical (unpaired) electrons. The SMILES string of the molecule is COCC(=O)Nc1ccc(N2C(=S)NC(c3ccccn3)C2c2ccc(-c3ccc(Cl)cc3Cl)o2)cc1Cl. The van der Waals surface area contributed by atoms with E-state index in [1.165, 1.54) is 7.11 Å². The molecule has 0 bridgehead atoms. The Balaban J connectivity index is 1.55. The maximum absolute atomic E-state index is 12.0. The standard InChI is InChI=1S/C27H21Cl3N4O3S/c1-36-14-24(35)32-20-8-6-16(13-19(20)30)34-26(25(33-27(34)38)21-4-2-3-11-31-21)23-10-9-22(37-23)17-7-5-15(28)12-18(17)29/h2-13,25-26H,14H2,1H3,(H,32,35)(H,33,38). The number of carbonyl (C=O) groups is 1. The fourth-order valence-electron chi connectivity index (χ4n) is 4.34. The molecule has 2 atom stereocenters. The molecule has 2 aromatic heterocycles. The third-order valence-corrected chi connectivity index (χ3v) is 7.17. The number of hydrogen-bond donors (Lipinski definition) is 2. The fourth-order valence-corrected chi connectivity index (χ4v) is 5.41. The smallest absolute Gasteiger partial charge is 0.250 e. The summed E-state index contributed by atoms with van der Waals surface area (Å²) < 4.78 is 11.2. The minimum atomic E-state index is -0.401. The van der Waals surface area contributed by atoms with Crippen LogP contribution in [0.4, 0.5) is 11.4 Å². The topological polar surface area (TPSA) is 79.6 Å². The third kappa shape index (κ3) is 5.36. The highest BCUT2D eigenvalue weighted by Crippen LogP contribution is 2.44. The molecule has 38 heavy (non-hydrogen) atoms. The van der Waals surface area contributed by atoms with Crippen LogP contribution in [0.25, 0.3) is 11.3 Å². The normalized spacial score (nSPS) is 16.9. The molecule has 4 aromatic rings. The number of thiocarbonyl (C=S) groups is 1. The minimum Gasteiger partial charge on any atom is -0.459 e. The monoisotopic (exact) mass is 586 g/mol. The van der Waals surface area contributed by atoms with Gasteiger partial charge in [-0.2, -0.15) is 0 Å². The zero-order valence-electron chi connectivity index (χ0n) is 20.0. The van der Waals surface area contributed by atoms with Crippen LogP contribution in [0.15, 0.2) is 77.3 Å². The van der Waals surface area contributed by atoms with Crippen molar-refractivity contribution in [1.29, 1.82) is 0 Å². The van der Waals surface area contributed by atoms with E-state index in [0.717, 1.165) is 11.3 Å². The zero-order chi connectivity index (χ0) is 26.8. The maximum Gasteiger partial charge on any atom is 0.250 e. The first kappa shape index (κ1) is 26.5. The van der Waals surface area contributed by atoms with Crippen molar-refractivity contribution < 1.29 is 13.9 Å². The van der Waals surface area contributed by atoms with Crippen molar-refractivity contribution in [3.05, 3.63) is 99.4 Å². The van der Waals surface area contributed by atoms with Gasteiger partial charge in [0.2, 0.25) is 5.91 Å². The summed E-state index contributed by atoms with van der Waals surface area (Å²) in [6, 6.07) is 19.3. The largest absolute Gasteiger partial charge is 0.459 e. The van der Waals surface area contributed by atoms with Crippen LogP contribution in [-0.2, 0) is 9.53 Å². The summed E-state index contributed by atoms with van der Waals surface area (Å²) in [6.45, 7) is -0.0789. The number of rotatable bonds is 7. The highest BCUT2D eigenvalue weighted by molar-refractivity contribution is 7.80. The van der Waals surface area contributed by atoms with Crippen molar-refractivity contribution in [2.75, 3.05) is 23.9 Å².